The molecular formula is C19H27N3O3S2. The van der Waals surface area contributed by atoms with Gasteiger partial charge in [0.25, 0.3) is 5.91 Å². The van der Waals surface area contributed by atoms with Crippen LogP contribution < -0.4 is 5.32 Å². The average molecular weight is 410 g/mol. The Morgan fingerprint density at radius 1 is 1.22 bits per heavy atom. The molecule has 1 aromatic carbocycles. The zero-order valence-corrected chi connectivity index (χ0v) is 18.1. The Labute approximate surface area is 165 Å². The first-order chi connectivity index (χ1) is 12.6. The predicted octanol–water partition coefficient (Wildman–Crippen LogP) is 4.11. The van der Waals surface area contributed by atoms with Crippen LogP contribution in [0.2, 0.25) is 0 Å². The van der Waals surface area contributed by atoms with Crippen molar-refractivity contribution < 1.29 is 13.2 Å². The number of anilines is 1. The van der Waals surface area contributed by atoms with E-state index in [1.54, 1.807) is 7.05 Å². The number of carbonyl (C=O) groups excluding carboxylic acids is 1. The van der Waals surface area contributed by atoms with Gasteiger partial charge in [-0.1, -0.05) is 34.1 Å². The minimum absolute atomic E-state index is 0.0840. The number of amides is 1. The second-order valence-electron chi connectivity index (χ2n) is 7.45. The van der Waals surface area contributed by atoms with Crippen molar-refractivity contribution in [2.24, 2.45) is 0 Å². The van der Waals surface area contributed by atoms with Crippen LogP contribution in [0, 0.1) is 0 Å². The number of carbonyl (C=O) groups is 1. The summed E-state index contributed by atoms with van der Waals surface area (Å²) in [6.07, 6.45) is 1.73. The van der Waals surface area contributed by atoms with Crippen LogP contribution >= 0.6 is 11.3 Å². The molecule has 1 heterocycles. The molecule has 1 aromatic heterocycles. The molecule has 0 unspecified atom stereocenters. The number of unbranched alkanes of at least 4 members (excludes halogenated alkanes) is 1. The Morgan fingerprint density at radius 2 is 1.85 bits per heavy atom. The van der Waals surface area contributed by atoms with Gasteiger partial charge in [-0.15, -0.1) is 11.3 Å². The number of aromatic nitrogens is 1. The van der Waals surface area contributed by atoms with Gasteiger partial charge in [-0.05, 0) is 30.7 Å². The maximum Gasteiger partial charge on any atom is 0.257 e. The molecule has 0 radical (unpaired) electrons. The minimum atomic E-state index is -3.53. The summed E-state index contributed by atoms with van der Waals surface area (Å²) in [6.45, 7) is 8.67. The van der Waals surface area contributed by atoms with Gasteiger partial charge in [-0.3, -0.25) is 10.1 Å². The van der Waals surface area contributed by atoms with Crippen molar-refractivity contribution in [3.63, 3.8) is 0 Å². The Kier molecular flexibility index (Phi) is 6.77. The third-order valence-corrected chi connectivity index (χ3v) is 6.77. The zero-order chi connectivity index (χ0) is 20.2. The van der Waals surface area contributed by atoms with Gasteiger partial charge in [0.2, 0.25) is 10.0 Å². The number of rotatable bonds is 7. The molecule has 0 saturated heterocycles. The molecule has 0 aliphatic carbocycles. The van der Waals surface area contributed by atoms with Crippen LogP contribution in [-0.4, -0.2) is 37.2 Å². The van der Waals surface area contributed by atoms with Crippen LogP contribution in [0.3, 0.4) is 0 Å². The van der Waals surface area contributed by atoms with Crippen molar-refractivity contribution in [3.8, 4) is 0 Å². The lowest BCUT2D eigenvalue weighted by Crippen LogP contribution is -2.28. The number of sulfonamides is 1. The first-order valence-electron chi connectivity index (χ1n) is 8.89. The van der Waals surface area contributed by atoms with Gasteiger partial charge in [0.05, 0.1) is 10.6 Å². The highest BCUT2D eigenvalue weighted by Gasteiger charge is 2.21. The average Bonchev–Trinajstić information content (AvgIpc) is 3.08. The van der Waals surface area contributed by atoms with E-state index in [-0.39, 0.29) is 16.2 Å². The number of nitrogens with zero attached hydrogens (tertiary/aromatic N) is 2. The second kappa shape index (κ2) is 8.50. The normalized spacial score (nSPS) is 12.4. The number of hydrogen-bond donors (Lipinski definition) is 1. The standard InChI is InChI=1S/C19H27N3O3S2/c1-6-7-12-22(5)27(24,25)15-10-8-14(9-11-15)17(23)21-18-20-16(13-26-18)19(2,3)4/h8-11,13H,6-7,12H2,1-5H3,(H,20,21,23). The summed E-state index contributed by atoms with van der Waals surface area (Å²) in [5.74, 6) is -0.312. The highest BCUT2D eigenvalue weighted by molar-refractivity contribution is 7.89. The van der Waals surface area contributed by atoms with E-state index in [0.29, 0.717) is 17.2 Å². The van der Waals surface area contributed by atoms with Gasteiger partial charge >= 0.3 is 0 Å². The maximum atomic E-state index is 12.5. The molecule has 1 amide bonds. The summed E-state index contributed by atoms with van der Waals surface area (Å²) >= 11 is 1.37. The van der Waals surface area contributed by atoms with Crippen LogP contribution in [0.25, 0.3) is 0 Å². The van der Waals surface area contributed by atoms with Gasteiger partial charge in [0.15, 0.2) is 5.13 Å². The van der Waals surface area contributed by atoms with Crippen molar-refractivity contribution in [1.82, 2.24) is 9.29 Å². The Bertz CT molecular complexity index is 882. The van der Waals surface area contributed by atoms with E-state index in [4.69, 9.17) is 0 Å². The lowest BCUT2D eigenvalue weighted by molar-refractivity contribution is 0.102. The van der Waals surface area contributed by atoms with E-state index in [2.05, 4.69) is 31.1 Å². The van der Waals surface area contributed by atoms with E-state index < -0.39 is 10.0 Å². The second-order valence-corrected chi connectivity index (χ2v) is 10.3. The largest absolute Gasteiger partial charge is 0.298 e. The molecule has 8 heteroatoms. The summed E-state index contributed by atoms with van der Waals surface area (Å²) in [6, 6.07) is 5.98. The molecule has 0 bridgehead atoms. The first-order valence-corrected chi connectivity index (χ1v) is 11.2. The Balaban J connectivity index is 2.10. The maximum absolute atomic E-state index is 12.5. The van der Waals surface area contributed by atoms with E-state index in [0.717, 1.165) is 18.5 Å². The summed E-state index contributed by atoms with van der Waals surface area (Å²) in [4.78, 5) is 17.0. The van der Waals surface area contributed by atoms with Crippen LogP contribution in [0.15, 0.2) is 34.5 Å². The fourth-order valence-electron chi connectivity index (χ4n) is 2.30. The first kappa shape index (κ1) is 21.5. The molecule has 2 aromatic rings. The SMILES string of the molecule is CCCCN(C)S(=O)(=O)c1ccc(C(=O)Nc2nc(C(C)(C)C)cs2)cc1. The summed E-state index contributed by atoms with van der Waals surface area (Å²) < 4.78 is 26.4. The third kappa shape index (κ3) is 5.37. The van der Waals surface area contributed by atoms with Crippen LogP contribution in [0.5, 0.6) is 0 Å². The molecule has 0 atom stereocenters. The van der Waals surface area contributed by atoms with Gasteiger partial charge in [0, 0.05) is 30.0 Å². The van der Waals surface area contributed by atoms with Crippen molar-refractivity contribution in [3.05, 3.63) is 40.9 Å². The van der Waals surface area contributed by atoms with E-state index >= 15 is 0 Å². The fraction of sp³-hybridized carbons (Fsp3) is 0.474. The highest BCUT2D eigenvalue weighted by atomic mass is 32.2. The van der Waals surface area contributed by atoms with Gasteiger partial charge in [-0.2, -0.15) is 0 Å². The number of nitrogens with one attached hydrogen (secondary N) is 1. The Morgan fingerprint density at radius 3 is 2.37 bits per heavy atom. The van der Waals surface area contributed by atoms with Crippen LogP contribution in [-0.2, 0) is 15.4 Å². The quantitative estimate of drug-likeness (QED) is 0.746. The lowest BCUT2D eigenvalue weighted by atomic mass is 9.93. The highest BCUT2D eigenvalue weighted by Crippen LogP contribution is 2.26. The molecule has 0 aliphatic rings. The molecule has 1 N–H and O–H groups in total. The van der Waals surface area contributed by atoms with Crippen LogP contribution in [0.4, 0.5) is 5.13 Å². The predicted molar refractivity (Wildman–Crippen MR) is 110 cm³/mol. The van der Waals surface area contributed by atoms with Crippen molar-refractivity contribution >= 4 is 32.4 Å². The number of hydrogen-bond acceptors (Lipinski definition) is 5. The molecule has 148 valence electrons. The van der Waals surface area contributed by atoms with E-state index in [9.17, 15) is 13.2 Å². The fourth-order valence-corrected chi connectivity index (χ4v) is 4.45. The molecular weight excluding hydrogens is 382 g/mol. The van der Waals surface area contributed by atoms with Crippen molar-refractivity contribution in [2.75, 3.05) is 18.9 Å². The van der Waals surface area contributed by atoms with Gasteiger partial charge in [0.1, 0.15) is 0 Å². The van der Waals surface area contributed by atoms with Crippen molar-refractivity contribution in [2.45, 2.75) is 50.8 Å². The smallest absolute Gasteiger partial charge is 0.257 e. The summed E-state index contributed by atoms with van der Waals surface area (Å²) in [5, 5.41) is 5.22. The van der Waals surface area contributed by atoms with Gasteiger partial charge in [-0.25, -0.2) is 17.7 Å². The zero-order valence-electron chi connectivity index (χ0n) is 16.4. The molecule has 0 spiro atoms. The van der Waals surface area contributed by atoms with Crippen molar-refractivity contribution in [1.29, 1.82) is 0 Å². The lowest BCUT2D eigenvalue weighted by Gasteiger charge is -2.16. The molecule has 0 fully saturated rings. The molecule has 0 saturated carbocycles. The van der Waals surface area contributed by atoms with E-state index in [1.807, 2.05) is 12.3 Å². The summed E-state index contributed by atoms with van der Waals surface area (Å²) in [5.41, 5.74) is 1.22. The summed E-state index contributed by atoms with van der Waals surface area (Å²) in [7, 11) is -1.96. The van der Waals surface area contributed by atoms with E-state index in [1.165, 1.54) is 39.9 Å². The monoisotopic (exact) mass is 409 g/mol. The number of benzene rings is 1. The minimum Gasteiger partial charge on any atom is -0.298 e. The number of thiazole rings is 1. The molecule has 0 aliphatic heterocycles. The molecule has 2 rings (SSSR count). The molecule has 6 nitrogen and oxygen atoms in total. The Hall–Kier alpha value is -1.77. The van der Waals surface area contributed by atoms with Gasteiger partial charge < -0.3 is 0 Å². The topological polar surface area (TPSA) is 79.4 Å². The molecule has 27 heavy (non-hydrogen) atoms. The van der Waals surface area contributed by atoms with Crippen LogP contribution in [0.1, 0.15) is 56.6 Å². The third-order valence-electron chi connectivity index (χ3n) is 4.14.